The molecule has 0 spiro atoms. The minimum atomic E-state index is -5.64. The lowest BCUT2D eigenvalue weighted by Crippen LogP contribution is -2.45. The fourth-order valence-electron chi connectivity index (χ4n) is 1.93. The molecule has 114 valence electrons. The monoisotopic (exact) mass is 296 g/mol. The van der Waals surface area contributed by atoms with Crippen molar-refractivity contribution in [1.82, 2.24) is 0 Å². The zero-order valence-corrected chi connectivity index (χ0v) is 11.1. The van der Waals surface area contributed by atoms with E-state index in [1.807, 2.05) is 0 Å². The fourth-order valence-corrected chi connectivity index (χ4v) is 1.93. The Morgan fingerprint density at radius 2 is 1.55 bits per heavy atom. The SMILES string of the molecule is CCC(O)(CCc1ccccc1)CC(F)(F)C(F)(F)F. The quantitative estimate of drug-likeness (QED) is 0.774. The molecule has 0 saturated heterocycles. The highest BCUT2D eigenvalue weighted by Gasteiger charge is 2.60. The first kappa shape index (κ1) is 16.9. The van der Waals surface area contributed by atoms with Crippen molar-refractivity contribution in [2.75, 3.05) is 0 Å². The minimum Gasteiger partial charge on any atom is -0.390 e. The van der Waals surface area contributed by atoms with Gasteiger partial charge in [-0.25, -0.2) is 0 Å². The van der Waals surface area contributed by atoms with Crippen LogP contribution in [0.25, 0.3) is 0 Å². The summed E-state index contributed by atoms with van der Waals surface area (Å²) in [7, 11) is 0. The van der Waals surface area contributed by atoms with Crippen molar-refractivity contribution < 1.29 is 27.1 Å². The number of aliphatic hydroxyl groups is 1. The van der Waals surface area contributed by atoms with Crippen molar-refractivity contribution in [2.24, 2.45) is 0 Å². The third kappa shape index (κ3) is 4.44. The summed E-state index contributed by atoms with van der Waals surface area (Å²) in [5.41, 5.74) is -1.25. The number of rotatable bonds is 6. The van der Waals surface area contributed by atoms with Crippen LogP contribution in [0.5, 0.6) is 0 Å². The van der Waals surface area contributed by atoms with E-state index >= 15 is 0 Å². The molecule has 6 heteroatoms. The third-order valence-corrected chi connectivity index (χ3v) is 3.35. The van der Waals surface area contributed by atoms with Crippen molar-refractivity contribution in [2.45, 2.75) is 50.3 Å². The van der Waals surface area contributed by atoms with E-state index in [9.17, 15) is 27.1 Å². The summed E-state index contributed by atoms with van der Waals surface area (Å²) < 4.78 is 62.7. The van der Waals surface area contributed by atoms with E-state index in [1.165, 1.54) is 6.92 Å². The molecular formula is C14H17F5O. The molecule has 0 amide bonds. The van der Waals surface area contributed by atoms with E-state index in [1.54, 1.807) is 30.3 Å². The second kappa shape index (κ2) is 6.08. The van der Waals surface area contributed by atoms with Crippen LogP contribution in [-0.2, 0) is 6.42 Å². The summed E-state index contributed by atoms with van der Waals surface area (Å²) in [4.78, 5) is 0. The molecule has 1 unspecified atom stereocenters. The van der Waals surface area contributed by atoms with E-state index in [0.29, 0.717) is 0 Å². The lowest BCUT2D eigenvalue weighted by atomic mass is 9.86. The van der Waals surface area contributed by atoms with Gasteiger partial charge in [0.25, 0.3) is 0 Å². The predicted octanol–water partition coefficient (Wildman–Crippen LogP) is 4.35. The van der Waals surface area contributed by atoms with Crippen molar-refractivity contribution in [3.05, 3.63) is 35.9 Å². The van der Waals surface area contributed by atoms with Gasteiger partial charge in [0.15, 0.2) is 0 Å². The minimum absolute atomic E-state index is 0.140. The standard InChI is InChI=1S/C14H17F5O/c1-2-12(20,10-13(15,16)14(17,18)19)9-8-11-6-4-3-5-7-11/h3-7,20H,2,8-10H2,1H3. The first-order valence-corrected chi connectivity index (χ1v) is 6.30. The van der Waals surface area contributed by atoms with Gasteiger partial charge in [-0.2, -0.15) is 22.0 Å². The summed E-state index contributed by atoms with van der Waals surface area (Å²) in [6.07, 6.45) is -7.29. The second-order valence-electron chi connectivity index (χ2n) is 4.94. The van der Waals surface area contributed by atoms with E-state index in [4.69, 9.17) is 0 Å². The molecule has 0 aromatic heterocycles. The van der Waals surface area contributed by atoms with E-state index in [2.05, 4.69) is 0 Å². The van der Waals surface area contributed by atoms with E-state index in [-0.39, 0.29) is 19.3 Å². The summed E-state index contributed by atoms with van der Waals surface area (Å²) in [5, 5.41) is 10.0. The van der Waals surface area contributed by atoms with Crippen LogP contribution in [-0.4, -0.2) is 22.8 Å². The molecule has 0 aliphatic carbocycles. The smallest absolute Gasteiger partial charge is 0.390 e. The zero-order valence-electron chi connectivity index (χ0n) is 11.1. The fraction of sp³-hybridized carbons (Fsp3) is 0.571. The van der Waals surface area contributed by atoms with Crippen LogP contribution < -0.4 is 0 Å². The van der Waals surface area contributed by atoms with Crippen LogP contribution >= 0.6 is 0 Å². The summed E-state index contributed by atoms with van der Waals surface area (Å²) >= 11 is 0. The normalized spacial score (nSPS) is 15.9. The Kier molecular flexibility index (Phi) is 5.13. The van der Waals surface area contributed by atoms with Crippen LogP contribution in [0.1, 0.15) is 31.7 Å². The maximum absolute atomic E-state index is 13.1. The molecule has 0 fully saturated rings. The summed E-state index contributed by atoms with van der Waals surface area (Å²) in [6, 6.07) is 8.72. The first-order chi connectivity index (χ1) is 9.10. The Labute approximate surface area is 114 Å². The maximum Gasteiger partial charge on any atom is 0.453 e. The van der Waals surface area contributed by atoms with Crippen LogP contribution in [0.2, 0.25) is 0 Å². The van der Waals surface area contributed by atoms with Gasteiger partial charge in [-0.3, -0.25) is 0 Å². The van der Waals surface area contributed by atoms with Crippen molar-refractivity contribution in [3.8, 4) is 0 Å². The highest BCUT2D eigenvalue weighted by Crippen LogP contribution is 2.42. The van der Waals surface area contributed by atoms with Crippen LogP contribution in [0.3, 0.4) is 0 Å². The summed E-state index contributed by atoms with van der Waals surface area (Å²) in [6.45, 7) is 1.40. The molecule has 1 atom stereocenters. The molecule has 1 aromatic rings. The largest absolute Gasteiger partial charge is 0.453 e. The molecule has 0 heterocycles. The van der Waals surface area contributed by atoms with Gasteiger partial charge in [-0.15, -0.1) is 0 Å². The molecule has 1 N–H and O–H groups in total. The van der Waals surface area contributed by atoms with Gasteiger partial charge in [0.05, 0.1) is 5.60 Å². The Morgan fingerprint density at radius 3 is 2.00 bits per heavy atom. The highest BCUT2D eigenvalue weighted by atomic mass is 19.4. The second-order valence-corrected chi connectivity index (χ2v) is 4.94. The van der Waals surface area contributed by atoms with Gasteiger partial charge in [0.2, 0.25) is 0 Å². The van der Waals surface area contributed by atoms with Crippen molar-refractivity contribution >= 4 is 0 Å². The molecule has 20 heavy (non-hydrogen) atoms. The van der Waals surface area contributed by atoms with E-state index < -0.39 is 24.1 Å². The molecule has 0 bridgehead atoms. The van der Waals surface area contributed by atoms with Crippen LogP contribution in [0.4, 0.5) is 22.0 Å². The molecule has 0 aliphatic heterocycles. The highest BCUT2D eigenvalue weighted by molar-refractivity contribution is 5.15. The van der Waals surface area contributed by atoms with Gasteiger partial charge in [0.1, 0.15) is 0 Å². The number of hydrogen-bond acceptors (Lipinski definition) is 1. The van der Waals surface area contributed by atoms with Crippen LogP contribution in [0, 0.1) is 0 Å². The zero-order chi connectivity index (χ0) is 15.4. The maximum atomic E-state index is 13.1. The van der Waals surface area contributed by atoms with Crippen molar-refractivity contribution in [3.63, 3.8) is 0 Å². The summed E-state index contributed by atoms with van der Waals surface area (Å²) in [5.74, 6) is -4.88. The number of alkyl halides is 5. The number of aryl methyl sites for hydroxylation is 1. The van der Waals surface area contributed by atoms with Gasteiger partial charge < -0.3 is 5.11 Å². The Morgan fingerprint density at radius 1 is 1.00 bits per heavy atom. The number of hydrogen-bond donors (Lipinski definition) is 1. The number of halogens is 5. The molecular weight excluding hydrogens is 279 g/mol. The molecule has 1 aromatic carbocycles. The van der Waals surface area contributed by atoms with Gasteiger partial charge in [0, 0.05) is 6.42 Å². The predicted molar refractivity (Wildman–Crippen MR) is 65.6 cm³/mol. The molecule has 1 rings (SSSR count). The van der Waals surface area contributed by atoms with Gasteiger partial charge in [-0.1, -0.05) is 37.3 Å². The first-order valence-electron chi connectivity index (χ1n) is 6.30. The van der Waals surface area contributed by atoms with Crippen LogP contribution in [0.15, 0.2) is 30.3 Å². The van der Waals surface area contributed by atoms with Gasteiger partial charge in [-0.05, 0) is 24.8 Å². The average Bonchev–Trinajstić information content (AvgIpc) is 2.36. The molecule has 0 radical (unpaired) electrons. The number of benzene rings is 1. The van der Waals surface area contributed by atoms with E-state index in [0.717, 1.165) is 5.56 Å². The Hall–Kier alpha value is -1.17. The molecule has 0 saturated carbocycles. The topological polar surface area (TPSA) is 20.2 Å². The lowest BCUT2D eigenvalue weighted by molar-refractivity contribution is -0.297. The molecule has 0 aliphatic rings. The Bertz CT molecular complexity index is 415. The molecule has 1 nitrogen and oxygen atoms in total. The average molecular weight is 296 g/mol. The Balaban J connectivity index is 2.72. The van der Waals surface area contributed by atoms with Crippen molar-refractivity contribution in [1.29, 1.82) is 0 Å². The third-order valence-electron chi connectivity index (χ3n) is 3.35. The van der Waals surface area contributed by atoms with Gasteiger partial charge >= 0.3 is 12.1 Å². The lowest BCUT2D eigenvalue weighted by Gasteiger charge is -2.32.